The second-order valence-electron chi connectivity index (χ2n) is 6.65. The van der Waals surface area contributed by atoms with E-state index >= 15 is 0 Å². The van der Waals surface area contributed by atoms with Crippen molar-refractivity contribution in [3.63, 3.8) is 0 Å². The quantitative estimate of drug-likeness (QED) is 0.767. The number of piperidine rings is 1. The van der Waals surface area contributed by atoms with E-state index in [0.29, 0.717) is 25.9 Å². The van der Waals surface area contributed by atoms with Crippen LogP contribution in [0.25, 0.3) is 0 Å². The SMILES string of the molecule is CCS(=O)(=O)N1CC[C@@H]2[C@H]1CCC(=O)N2Cc1ccncc1.O=C(O)C(F)(F)F. The van der Waals surface area contributed by atoms with E-state index in [2.05, 4.69) is 4.98 Å². The summed E-state index contributed by atoms with van der Waals surface area (Å²) in [5.41, 5.74) is 1.03. The molecular weight excluding hydrogens is 415 g/mol. The van der Waals surface area contributed by atoms with Crippen molar-refractivity contribution in [2.75, 3.05) is 12.3 Å². The Morgan fingerprint density at radius 1 is 1.24 bits per heavy atom. The predicted molar refractivity (Wildman–Crippen MR) is 96.1 cm³/mol. The molecule has 3 rings (SSSR count). The number of likely N-dealkylation sites (tertiary alicyclic amines) is 1. The van der Waals surface area contributed by atoms with E-state index in [-0.39, 0.29) is 23.7 Å². The molecule has 0 saturated carbocycles. The number of carboxylic acid groups (broad SMARTS) is 1. The van der Waals surface area contributed by atoms with Crippen LogP contribution in [0.4, 0.5) is 13.2 Å². The number of carbonyl (C=O) groups excluding carboxylic acids is 1. The molecular formula is C17H22F3N3O5S. The number of amides is 1. The summed E-state index contributed by atoms with van der Waals surface area (Å²) in [4.78, 5) is 27.0. The van der Waals surface area contributed by atoms with Crippen LogP contribution in [-0.4, -0.2) is 70.1 Å². The lowest BCUT2D eigenvalue weighted by Crippen LogP contribution is -2.52. The van der Waals surface area contributed by atoms with Crippen molar-refractivity contribution in [1.29, 1.82) is 0 Å². The summed E-state index contributed by atoms with van der Waals surface area (Å²) in [7, 11) is -3.20. The summed E-state index contributed by atoms with van der Waals surface area (Å²) in [6.45, 7) is 2.72. The highest BCUT2D eigenvalue weighted by Crippen LogP contribution is 2.34. The molecule has 2 fully saturated rings. The zero-order valence-electron chi connectivity index (χ0n) is 15.7. The molecule has 1 aromatic heterocycles. The summed E-state index contributed by atoms with van der Waals surface area (Å²) in [6.07, 6.45) is 0.117. The van der Waals surface area contributed by atoms with Crippen molar-refractivity contribution in [2.24, 2.45) is 0 Å². The van der Waals surface area contributed by atoms with Gasteiger partial charge in [-0.05, 0) is 37.5 Å². The van der Waals surface area contributed by atoms with Crippen molar-refractivity contribution >= 4 is 21.9 Å². The van der Waals surface area contributed by atoms with E-state index in [1.807, 2.05) is 17.0 Å². The monoisotopic (exact) mass is 437 g/mol. The number of carbonyl (C=O) groups is 2. The van der Waals surface area contributed by atoms with Crippen LogP contribution in [-0.2, 0) is 26.2 Å². The van der Waals surface area contributed by atoms with Gasteiger partial charge >= 0.3 is 12.1 Å². The Bertz CT molecular complexity index is 832. The van der Waals surface area contributed by atoms with Crippen LogP contribution in [0.2, 0.25) is 0 Å². The second-order valence-corrected chi connectivity index (χ2v) is 8.86. The average Bonchev–Trinajstić information content (AvgIpc) is 3.10. The maximum Gasteiger partial charge on any atom is 0.490 e. The molecule has 0 unspecified atom stereocenters. The molecule has 1 amide bonds. The van der Waals surface area contributed by atoms with Crippen LogP contribution in [0.15, 0.2) is 24.5 Å². The molecule has 1 aromatic rings. The normalized spacial score (nSPS) is 22.6. The number of nitrogens with zero attached hydrogens (tertiary/aromatic N) is 3. The van der Waals surface area contributed by atoms with Gasteiger partial charge in [0.05, 0.1) is 5.75 Å². The zero-order valence-corrected chi connectivity index (χ0v) is 16.5. The minimum absolute atomic E-state index is 0.00394. The fourth-order valence-corrected chi connectivity index (χ4v) is 4.88. The van der Waals surface area contributed by atoms with Gasteiger partial charge < -0.3 is 10.0 Å². The second kappa shape index (κ2) is 9.08. The Hall–Kier alpha value is -2.21. The van der Waals surface area contributed by atoms with E-state index in [4.69, 9.17) is 9.90 Å². The summed E-state index contributed by atoms with van der Waals surface area (Å²) in [6, 6.07) is 3.72. The van der Waals surface area contributed by atoms with Crippen LogP contribution in [0.5, 0.6) is 0 Å². The van der Waals surface area contributed by atoms with Crippen LogP contribution >= 0.6 is 0 Å². The largest absolute Gasteiger partial charge is 0.490 e. The number of aromatic nitrogens is 1. The first-order valence-corrected chi connectivity index (χ1v) is 10.6. The fraction of sp³-hybridized carbons (Fsp3) is 0.588. The van der Waals surface area contributed by atoms with E-state index in [1.165, 1.54) is 0 Å². The maximum absolute atomic E-state index is 12.3. The van der Waals surface area contributed by atoms with Gasteiger partial charge in [-0.3, -0.25) is 9.78 Å². The van der Waals surface area contributed by atoms with Gasteiger partial charge in [0.25, 0.3) is 0 Å². The highest BCUT2D eigenvalue weighted by Gasteiger charge is 2.46. The lowest BCUT2D eigenvalue weighted by Gasteiger charge is -2.39. The van der Waals surface area contributed by atoms with Crippen LogP contribution < -0.4 is 0 Å². The van der Waals surface area contributed by atoms with Gasteiger partial charge in [-0.1, -0.05) is 0 Å². The van der Waals surface area contributed by atoms with Crippen molar-refractivity contribution in [3.05, 3.63) is 30.1 Å². The van der Waals surface area contributed by atoms with E-state index < -0.39 is 22.2 Å². The lowest BCUT2D eigenvalue weighted by atomic mass is 9.96. The van der Waals surface area contributed by atoms with Gasteiger partial charge in [0.2, 0.25) is 15.9 Å². The smallest absolute Gasteiger partial charge is 0.475 e. The number of alkyl halides is 3. The molecule has 29 heavy (non-hydrogen) atoms. The van der Waals surface area contributed by atoms with Gasteiger partial charge in [0, 0.05) is 44.0 Å². The molecule has 1 N–H and O–H groups in total. The third-order valence-corrected chi connectivity index (χ3v) is 6.80. The third-order valence-electron chi connectivity index (χ3n) is 4.90. The number of sulfonamides is 1. The van der Waals surface area contributed by atoms with Crippen molar-refractivity contribution in [1.82, 2.24) is 14.2 Å². The van der Waals surface area contributed by atoms with Crippen LogP contribution in [0, 0.1) is 0 Å². The first kappa shape index (κ1) is 23.1. The number of rotatable bonds is 4. The number of carboxylic acids is 1. The van der Waals surface area contributed by atoms with Gasteiger partial charge in [-0.15, -0.1) is 0 Å². The summed E-state index contributed by atoms with van der Waals surface area (Å²) >= 11 is 0. The first-order chi connectivity index (χ1) is 13.5. The van der Waals surface area contributed by atoms with E-state index in [9.17, 15) is 26.4 Å². The molecule has 0 bridgehead atoms. The molecule has 2 saturated heterocycles. The number of aliphatic carboxylic acids is 1. The minimum atomic E-state index is -5.08. The fourth-order valence-electron chi connectivity index (χ4n) is 3.51. The van der Waals surface area contributed by atoms with Crippen molar-refractivity contribution in [2.45, 2.75) is 51.0 Å². The number of hydrogen-bond donors (Lipinski definition) is 1. The Balaban J connectivity index is 0.000000370. The highest BCUT2D eigenvalue weighted by molar-refractivity contribution is 7.89. The molecule has 0 spiro atoms. The standard InChI is InChI=1S/C15H21N3O3S.C2HF3O2/c1-2-22(20,21)18-10-7-13-14(18)3-4-15(19)17(13)11-12-5-8-16-9-6-12;3-2(4,5)1(6)7/h5-6,8-9,13-14H,2-4,7,10-11H2,1H3;(H,6,7)/t13-,14-;/m1./s1. The lowest BCUT2D eigenvalue weighted by molar-refractivity contribution is -0.192. The Morgan fingerprint density at radius 3 is 2.34 bits per heavy atom. The number of pyridine rings is 1. The van der Waals surface area contributed by atoms with E-state index in [0.717, 1.165) is 12.0 Å². The summed E-state index contributed by atoms with van der Waals surface area (Å²) < 4.78 is 57.8. The maximum atomic E-state index is 12.3. The molecule has 8 nitrogen and oxygen atoms in total. The predicted octanol–water partition coefficient (Wildman–Crippen LogP) is 1.63. The number of halogens is 3. The van der Waals surface area contributed by atoms with E-state index in [1.54, 1.807) is 23.6 Å². The van der Waals surface area contributed by atoms with Crippen molar-refractivity contribution in [3.8, 4) is 0 Å². The number of hydrogen-bond acceptors (Lipinski definition) is 5. The average molecular weight is 437 g/mol. The van der Waals surface area contributed by atoms with Crippen LogP contribution in [0.3, 0.4) is 0 Å². The van der Waals surface area contributed by atoms with Gasteiger partial charge in [-0.2, -0.15) is 17.5 Å². The Kier molecular flexibility index (Phi) is 7.22. The Morgan fingerprint density at radius 2 is 1.83 bits per heavy atom. The summed E-state index contributed by atoms with van der Waals surface area (Å²) in [5.74, 6) is -2.52. The summed E-state index contributed by atoms with van der Waals surface area (Å²) in [5, 5.41) is 7.12. The van der Waals surface area contributed by atoms with Gasteiger partial charge in [0.1, 0.15) is 0 Å². The minimum Gasteiger partial charge on any atom is -0.475 e. The molecule has 0 radical (unpaired) electrons. The highest BCUT2D eigenvalue weighted by atomic mass is 32.2. The topological polar surface area (TPSA) is 108 Å². The molecule has 2 aliphatic rings. The first-order valence-electron chi connectivity index (χ1n) is 8.95. The molecule has 3 heterocycles. The van der Waals surface area contributed by atoms with Gasteiger partial charge in [-0.25, -0.2) is 13.2 Å². The molecule has 0 aliphatic carbocycles. The van der Waals surface area contributed by atoms with Crippen LogP contribution in [0.1, 0.15) is 31.7 Å². The molecule has 2 aliphatic heterocycles. The zero-order chi connectivity index (χ0) is 21.8. The third kappa shape index (κ3) is 5.66. The molecule has 0 aromatic carbocycles. The Labute approximate surface area is 166 Å². The molecule has 12 heteroatoms. The molecule has 2 atom stereocenters. The number of fused-ring (bicyclic) bond motifs is 1. The van der Waals surface area contributed by atoms with Gasteiger partial charge in [0.15, 0.2) is 0 Å². The van der Waals surface area contributed by atoms with Crippen molar-refractivity contribution < 1.29 is 36.3 Å². The molecule has 162 valence electrons.